The molecule has 0 saturated heterocycles. The van der Waals surface area contributed by atoms with Crippen molar-refractivity contribution in [1.82, 2.24) is 4.98 Å². The fourth-order valence-electron chi connectivity index (χ4n) is 1.44. The summed E-state index contributed by atoms with van der Waals surface area (Å²) in [5.41, 5.74) is 7.13. The van der Waals surface area contributed by atoms with E-state index in [1.165, 1.54) is 6.07 Å². The lowest BCUT2D eigenvalue weighted by Crippen LogP contribution is -2.02. The van der Waals surface area contributed by atoms with E-state index in [4.69, 9.17) is 10.5 Å². The predicted molar refractivity (Wildman–Crippen MR) is 63.3 cm³/mol. The van der Waals surface area contributed by atoms with Crippen LogP contribution >= 0.6 is 0 Å². The second-order valence-corrected chi connectivity index (χ2v) is 3.65. The van der Waals surface area contributed by atoms with Gasteiger partial charge in [-0.1, -0.05) is 18.2 Å². The number of benzene rings is 1. The van der Waals surface area contributed by atoms with Gasteiger partial charge in [0.2, 0.25) is 5.88 Å². The van der Waals surface area contributed by atoms with Crippen LogP contribution in [0.25, 0.3) is 0 Å². The highest BCUT2D eigenvalue weighted by atomic mass is 19.1. The first-order chi connectivity index (χ1) is 8.20. The second kappa shape index (κ2) is 4.93. The molecule has 0 saturated carbocycles. The van der Waals surface area contributed by atoms with E-state index in [0.29, 0.717) is 12.4 Å². The number of para-hydroxylation sites is 1. The first-order valence-electron chi connectivity index (χ1n) is 5.29. The van der Waals surface area contributed by atoms with Gasteiger partial charge in [-0.2, -0.15) is 0 Å². The SMILES string of the molecule is Cc1ccc(CN)c(Oc2ccccc2F)n1. The summed E-state index contributed by atoms with van der Waals surface area (Å²) in [6.45, 7) is 2.14. The smallest absolute Gasteiger partial charge is 0.224 e. The zero-order chi connectivity index (χ0) is 12.3. The number of hydrogen-bond acceptors (Lipinski definition) is 3. The van der Waals surface area contributed by atoms with Crippen LogP contribution in [-0.4, -0.2) is 4.98 Å². The molecule has 4 heteroatoms. The summed E-state index contributed by atoms with van der Waals surface area (Å²) in [5.74, 6) is 0.0941. The summed E-state index contributed by atoms with van der Waals surface area (Å²) >= 11 is 0. The van der Waals surface area contributed by atoms with Gasteiger partial charge in [0.15, 0.2) is 11.6 Å². The van der Waals surface area contributed by atoms with Crippen molar-refractivity contribution in [2.75, 3.05) is 0 Å². The van der Waals surface area contributed by atoms with Crippen LogP contribution in [0.5, 0.6) is 11.6 Å². The number of aryl methyl sites for hydroxylation is 1. The van der Waals surface area contributed by atoms with Crippen molar-refractivity contribution in [2.45, 2.75) is 13.5 Å². The molecule has 0 amide bonds. The summed E-state index contributed by atoms with van der Waals surface area (Å²) in [6, 6.07) is 9.88. The Bertz CT molecular complexity index is 529. The van der Waals surface area contributed by atoms with Crippen LogP contribution in [0.1, 0.15) is 11.3 Å². The molecule has 88 valence electrons. The minimum Gasteiger partial charge on any atom is -0.436 e. The molecule has 0 aliphatic heterocycles. The first-order valence-corrected chi connectivity index (χ1v) is 5.29. The van der Waals surface area contributed by atoms with E-state index in [9.17, 15) is 4.39 Å². The largest absolute Gasteiger partial charge is 0.436 e. The van der Waals surface area contributed by atoms with E-state index in [1.54, 1.807) is 18.2 Å². The molecule has 2 aromatic rings. The van der Waals surface area contributed by atoms with Crippen LogP contribution in [0.15, 0.2) is 36.4 Å². The molecule has 1 aromatic heterocycles. The van der Waals surface area contributed by atoms with E-state index in [-0.39, 0.29) is 5.75 Å². The Morgan fingerprint density at radius 2 is 2.00 bits per heavy atom. The lowest BCUT2D eigenvalue weighted by atomic mass is 10.2. The highest BCUT2D eigenvalue weighted by Crippen LogP contribution is 2.25. The topological polar surface area (TPSA) is 48.1 Å². The average molecular weight is 232 g/mol. The van der Waals surface area contributed by atoms with Crippen molar-refractivity contribution in [1.29, 1.82) is 0 Å². The zero-order valence-electron chi connectivity index (χ0n) is 9.48. The molecule has 2 rings (SSSR count). The van der Waals surface area contributed by atoms with Crippen LogP contribution < -0.4 is 10.5 Å². The summed E-state index contributed by atoms with van der Waals surface area (Å²) < 4.78 is 18.9. The van der Waals surface area contributed by atoms with E-state index in [1.807, 2.05) is 19.1 Å². The first kappa shape index (κ1) is 11.5. The molecule has 3 nitrogen and oxygen atoms in total. The van der Waals surface area contributed by atoms with Gasteiger partial charge in [0.25, 0.3) is 0 Å². The quantitative estimate of drug-likeness (QED) is 0.885. The van der Waals surface area contributed by atoms with Gasteiger partial charge in [0, 0.05) is 17.8 Å². The van der Waals surface area contributed by atoms with Crippen molar-refractivity contribution >= 4 is 0 Å². The molecule has 0 fully saturated rings. The van der Waals surface area contributed by atoms with Gasteiger partial charge >= 0.3 is 0 Å². The van der Waals surface area contributed by atoms with Gasteiger partial charge in [0.05, 0.1) is 0 Å². The molecular formula is C13H13FN2O. The number of nitrogens with two attached hydrogens (primary N) is 1. The van der Waals surface area contributed by atoms with Gasteiger partial charge in [-0.05, 0) is 25.1 Å². The maximum absolute atomic E-state index is 13.4. The monoisotopic (exact) mass is 232 g/mol. The fraction of sp³-hybridized carbons (Fsp3) is 0.154. The summed E-state index contributed by atoms with van der Waals surface area (Å²) in [7, 11) is 0. The number of pyridine rings is 1. The van der Waals surface area contributed by atoms with Gasteiger partial charge in [-0.25, -0.2) is 9.37 Å². The van der Waals surface area contributed by atoms with E-state index in [2.05, 4.69) is 4.98 Å². The lowest BCUT2D eigenvalue weighted by Gasteiger charge is -2.10. The molecule has 0 aliphatic rings. The van der Waals surface area contributed by atoms with Crippen molar-refractivity contribution in [3.05, 3.63) is 53.5 Å². The minimum atomic E-state index is -0.418. The molecule has 0 aliphatic carbocycles. The summed E-state index contributed by atoms with van der Waals surface area (Å²) in [5, 5.41) is 0. The Labute approximate surface area is 99.1 Å². The van der Waals surface area contributed by atoms with Crippen molar-refractivity contribution in [3.8, 4) is 11.6 Å². The standard InChI is InChI=1S/C13H13FN2O/c1-9-6-7-10(8-15)13(16-9)17-12-5-3-2-4-11(12)14/h2-7H,8,15H2,1H3. The Morgan fingerprint density at radius 3 is 2.71 bits per heavy atom. The molecule has 0 unspecified atom stereocenters. The third-order valence-corrected chi connectivity index (χ3v) is 2.34. The van der Waals surface area contributed by atoms with Gasteiger partial charge in [0.1, 0.15) is 0 Å². The van der Waals surface area contributed by atoms with Gasteiger partial charge in [-0.3, -0.25) is 0 Å². The highest BCUT2D eigenvalue weighted by Gasteiger charge is 2.08. The van der Waals surface area contributed by atoms with Crippen LogP contribution in [-0.2, 0) is 6.54 Å². The molecule has 0 bridgehead atoms. The number of ether oxygens (including phenoxy) is 1. The van der Waals surface area contributed by atoms with Crippen molar-refractivity contribution in [2.24, 2.45) is 5.73 Å². The average Bonchev–Trinajstić information content (AvgIpc) is 2.32. The molecule has 17 heavy (non-hydrogen) atoms. The lowest BCUT2D eigenvalue weighted by molar-refractivity contribution is 0.421. The molecular weight excluding hydrogens is 219 g/mol. The van der Waals surface area contributed by atoms with Crippen LogP contribution in [0, 0.1) is 12.7 Å². The van der Waals surface area contributed by atoms with Crippen molar-refractivity contribution in [3.63, 3.8) is 0 Å². The summed E-state index contributed by atoms with van der Waals surface area (Å²) in [6.07, 6.45) is 0. The van der Waals surface area contributed by atoms with Gasteiger partial charge < -0.3 is 10.5 Å². The number of halogens is 1. The third kappa shape index (κ3) is 2.60. The molecule has 1 heterocycles. The number of rotatable bonds is 3. The van der Waals surface area contributed by atoms with Crippen LogP contribution in [0.3, 0.4) is 0 Å². The Morgan fingerprint density at radius 1 is 1.24 bits per heavy atom. The van der Waals surface area contributed by atoms with Crippen molar-refractivity contribution < 1.29 is 9.13 Å². The zero-order valence-corrected chi connectivity index (χ0v) is 9.48. The molecule has 0 spiro atoms. The Balaban J connectivity index is 2.35. The molecule has 2 N–H and O–H groups in total. The predicted octanol–water partition coefficient (Wildman–Crippen LogP) is 2.78. The minimum absolute atomic E-state index is 0.153. The molecule has 0 radical (unpaired) electrons. The number of nitrogens with zero attached hydrogens (tertiary/aromatic N) is 1. The number of aromatic nitrogens is 1. The Hall–Kier alpha value is -1.94. The number of hydrogen-bond donors (Lipinski definition) is 1. The second-order valence-electron chi connectivity index (χ2n) is 3.65. The molecule has 0 atom stereocenters. The van der Waals surface area contributed by atoms with Crippen LogP contribution in [0.2, 0.25) is 0 Å². The van der Waals surface area contributed by atoms with Crippen LogP contribution in [0.4, 0.5) is 4.39 Å². The maximum atomic E-state index is 13.4. The van der Waals surface area contributed by atoms with Gasteiger partial charge in [-0.15, -0.1) is 0 Å². The molecule has 1 aromatic carbocycles. The van der Waals surface area contributed by atoms with E-state index >= 15 is 0 Å². The maximum Gasteiger partial charge on any atom is 0.224 e. The summed E-state index contributed by atoms with van der Waals surface area (Å²) in [4.78, 5) is 4.21. The fourth-order valence-corrected chi connectivity index (χ4v) is 1.44. The normalized spacial score (nSPS) is 10.3. The highest BCUT2D eigenvalue weighted by molar-refractivity contribution is 5.34. The Kier molecular flexibility index (Phi) is 3.35. The third-order valence-electron chi connectivity index (χ3n) is 2.34. The van der Waals surface area contributed by atoms with E-state index in [0.717, 1.165) is 11.3 Å². The van der Waals surface area contributed by atoms with E-state index < -0.39 is 5.82 Å².